The maximum Gasteiger partial charge on any atom is 0.407 e. The lowest BCUT2D eigenvalue weighted by Crippen LogP contribution is -2.52. The van der Waals surface area contributed by atoms with Crippen LogP contribution in [0.1, 0.15) is 38.7 Å². The number of benzene rings is 2. The number of carbonyl (C=O) groups is 2. The van der Waals surface area contributed by atoms with Crippen molar-refractivity contribution in [2.24, 2.45) is 17.1 Å². The van der Waals surface area contributed by atoms with E-state index in [4.69, 9.17) is 29.4 Å². The summed E-state index contributed by atoms with van der Waals surface area (Å²) in [5.74, 6) is 0.412. The molecule has 264 valence electrons. The molecular weight excluding hydrogens is 644 g/mol. The van der Waals surface area contributed by atoms with Gasteiger partial charge in [0, 0.05) is 25.7 Å². The normalized spacial score (nSPS) is 21.5. The smallest absolute Gasteiger partial charge is 0.407 e. The number of hydrogen-bond donors (Lipinski definition) is 4. The minimum Gasteiger partial charge on any atom is -0.454 e. The number of rotatable bonds is 16. The van der Waals surface area contributed by atoms with Crippen LogP contribution in [0, 0.1) is 11.3 Å². The number of nitrogens with two attached hydrogens (primary N) is 1. The molecular formula is C33H46N4O10S. The van der Waals surface area contributed by atoms with E-state index in [1.165, 1.54) is 22.5 Å². The number of aliphatic hydroxyl groups is 1. The Hall–Kier alpha value is -3.47. The van der Waals surface area contributed by atoms with Crippen LogP contribution in [0.3, 0.4) is 0 Å². The molecule has 5 N–H and O–H groups in total. The summed E-state index contributed by atoms with van der Waals surface area (Å²) in [4.78, 5) is 24.8. The fourth-order valence-corrected chi connectivity index (χ4v) is 7.88. The largest absolute Gasteiger partial charge is 0.454 e. The predicted octanol–water partition coefficient (Wildman–Crippen LogP) is 1.75. The van der Waals surface area contributed by atoms with E-state index in [0.29, 0.717) is 43.9 Å². The van der Waals surface area contributed by atoms with Gasteiger partial charge in [-0.05, 0) is 48.8 Å². The van der Waals surface area contributed by atoms with Crippen LogP contribution >= 0.6 is 0 Å². The highest BCUT2D eigenvalue weighted by Gasteiger charge is 2.44. The molecule has 2 saturated heterocycles. The second-order valence-corrected chi connectivity index (χ2v) is 15.0. The molecule has 3 aliphatic rings. The lowest BCUT2D eigenvalue weighted by Gasteiger charge is -2.35. The third-order valence-electron chi connectivity index (χ3n) is 8.82. The van der Waals surface area contributed by atoms with Crippen molar-refractivity contribution in [1.29, 1.82) is 0 Å². The number of hydrogen-bond acceptors (Lipinski definition) is 11. The van der Waals surface area contributed by atoms with Crippen LogP contribution in [0.4, 0.5) is 4.79 Å². The molecule has 0 spiro atoms. The summed E-state index contributed by atoms with van der Waals surface area (Å²) >= 11 is 0. The number of amides is 2. The molecule has 5 rings (SSSR count). The van der Waals surface area contributed by atoms with Crippen LogP contribution in [0.5, 0.6) is 11.5 Å². The van der Waals surface area contributed by atoms with Gasteiger partial charge in [0.15, 0.2) is 17.8 Å². The first-order valence-electron chi connectivity index (χ1n) is 16.2. The molecule has 2 aromatic carbocycles. The van der Waals surface area contributed by atoms with Crippen molar-refractivity contribution in [3.05, 3.63) is 54.1 Å². The van der Waals surface area contributed by atoms with E-state index in [2.05, 4.69) is 10.6 Å². The lowest BCUT2D eigenvalue weighted by atomic mass is 9.87. The van der Waals surface area contributed by atoms with Crippen LogP contribution in [-0.4, -0.2) is 101 Å². The van der Waals surface area contributed by atoms with E-state index < -0.39 is 46.1 Å². The number of fused-ring (bicyclic) bond motifs is 2. The molecule has 48 heavy (non-hydrogen) atoms. The zero-order valence-electron chi connectivity index (χ0n) is 27.3. The molecule has 2 aromatic rings. The molecule has 14 nitrogen and oxygen atoms in total. The molecule has 0 saturated carbocycles. The summed E-state index contributed by atoms with van der Waals surface area (Å²) in [6.45, 7) is 4.56. The third-order valence-corrected chi connectivity index (χ3v) is 10.6. The van der Waals surface area contributed by atoms with Gasteiger partial charge in [-0.15, -0.1) is 0 Å². The average Bonchev–Trinajstić information content (AvgIpc) is 3.81. The van der Waals surface area contributed by atoms with E-state index in [1.54, 1.807) is 0 Å². The van der Waals surface area contributed by atoms with Crippen LogP contribution in [0.15, 0.2) is 53.4 Å². The van der Waals surface area contributed by atoms with Gasteiger partial charge in [-0.25, -0.2) is 13.2 Å². The highest BCUT2D eigenvalue weighted by Crippen LogP contribution is 2.36. The summed E-state index contributed by atoms with van der Waals surface area (Å²) in [5, 5.41) is 17.3. The first-order chi connectivity index (χ1) is 22.9. The Morgan fingerprint density at radius 1 is 1.12 bits per heavy atom. The summed E-state index contributed by atoms with van der Waals surface area (Å²) in [7, 11) is -4.19. The minimum absolute atomic E-state index is 0.0146. The molecule has 3 heterocycles. The van der Waals surface area contributed by atoms with Crippen LogP contribution in [0.2, 0.25) is 0 Å². The van der Waals surface area contributed by atoms with E-state index in [1.807, 2.05) is 44.2 Å². The van der Waals surface area contributed by atoms with Crippen LogP contribution in [-0.2, 0) is 35.4 Å². The Labute approximate surface area is 281 Å². The highest BCUT2D eigenvalue weighted by molar-refractivity contribution is 7.89. The Balaban J connectivity index is 1.35. The number of nitrogens with zero attached hydrogens (tertiary/aromatic N) is 1. The van der Waals surface area contributed by atoms with Gasteiger partial charge in [0.1, 0.15) is 6.10 Å². The molecule has 5 atom stereocenters. The van der Waals surface area contributed by atoms with Crippen molar-refractivity contribution < 1.29 is 46.8 Å². The van der Waals surface area contributed by atoms with Gasteiger partial charge in [-0.1, -0.05) is 44.2 Å². The maximum atomic E-state index is 14.3. The molecule has 0 aromatic heterocycles. The fraction of sp³-hybridized carbons (Fsp3) is 0.576. The SMILES string of the molecule is CC(C)(CCCNC(=O)CN)CN(CC(O)C(Cc1ccccc1)NC(=O)OC1COC2OCCC12)S(=O)(=O)c1ccc2c(c1)OCO2. The molecule has 0 aliphatic carbocycles. The number of aliphatic hydroxyl groups excluding tert-OH is 1. The van der Waals surface area contributed by atoms with Gasteiger partial charge < -0.3 is 45.2 Å². The number of ether oxygens (including phenoxy) is 5. The maximum absolute atomic E-state index is 14.3. The molecule has 2 amide bonds. The third kappa shape index (κ3) is 9.15. The van der Waals surface area contributed by atoms with E-state index in [-0.39, 0.29) is 56.2 Å². The predicted molar refractivity (Wildman–Crippen MR) is 174 cm³/mol. The number of nitrogens with one attached hydrogen (secondary N) is 2. The summed E-state index contributed by atoms with van der Waals surface area (Å²) in [6, 6.07) is 12.8. The van der Waals surface area contributed by atoms with Crippen LogP contribution in [0.25, 0.3) is 0 Å². The van der Waals surface area contributed by atoms with Gasteiger partial charge in [0.25, 0.3) is 0 Å². The Kier molecular flexibility index (Phi) is 11.8. The van der Waals surface area contributed by atoms with E-state index in [9.17, 15) is 23.1 Å². The van der Waals surface area contributed by atoms with Gasteiger partial charge in [-0.2, -0.15) is 4.31 Å². The Morgan fingerprint density at radius 2 is 1.90 bits per heavy atom. The lowest BCUT2D eigenvalue weighted by molar-refractivity contribution is -0.119. The molecule has 3 aliphatic heterocycles. The number of carbonyl (C=O) groups excluding carboxylic acids is 2. The Bertz CT molecular complexity index is 1510. The Morgan fingerprint density at radius 3 is 2.67 bits per heavy atom. The molecule has 15 heteroatoms. The summed E-state index contributed by atoms with van der Waals surface area (Å²) < 4.78 is 57.4. The first-order valence-corrected chi connectivity index (χ1v) is 17.7. The molecule has 0 bridgehead atoms. The first kappa shape index (κ1) is 35.8. The second kappa shape index (κ2) is 15.8. The molecule has 2 fully saturated rings. The summed E-state index contributed by atoms with van der Waals surface area (Å²) in [5.41, 5.74) is 5.65. The fourth-order valence-electron chi connectivity index (χ4n) is 6.21. The van der Waals surface area contributed by atoms with Gasteiger partial charge in [0.05, 0.1) is 42.7 Å². The van der Waals surface area contributed by atoms with Crippen molar-refractivity contribution in [3.63, 3.8) is 0 Å². The van der Waals surface area contributed by atoms with Crippen molar-refractivity contribution in [3.8, 4) is 11.5 Å². The number of alkyl carbamates (subject to hydrolysis) is 1. The van der Waals surface area contributed by atoms with Gasteiger partial charge >= 0.3 is 6.09 Å². The molecule has 5 unspecified atom stereocenters. The van der Waals surface area contributed by atoms with E-state index >= 15 is 0 Å². The van der Waals surface area contributed by atoms with Gasteiger partial charge in [0.2, 0.25) is 22.7 Å². The standard InChI is InChI=1S/C33H46N4O10S/c1-33(2,12-6-13-35-30(39)17-34)20-37(48(41,42)23-9-10-27-28(16-23)46-21-45-27)18-26(38)25(15-22-7-4-3-5-8-22)36-32(40)47-29-19-44-31-24(29)11-14-43-31/h3-5,7-10,16,24-26,29,31,38H,6,11-15,17-21,34H2,1-2H3,(H,35,39)(H,36,40). The topological polar surface area (TPSA) is 188 Å². The average molecular weight is 691 g/mol. The van der Waals surface area contributed by atoms with Gasteiger partial charge in [-0.3, -0.25) is 4.79 Å². The summed E-state index contributed by atoms with van der Waals surface area (Å²) in [6.07, 6.45) is -0.884. The second-order valence-electron chi connectivity index (χ2n) is 13.1. The number of sulfonamides is 1. The monoisotopic (exact) mass is 690 g/mol. The zero-order valence-corrected chi connectivity index (χ0v) is 28.2. The van der Waals surface area contributed by atoms with Crippen molar-refractivity contribution >= 4 is 22.0 Å². The van der Waals surface area contributed by atoms with E-state index in [0.717, 1.165) is 5.56 Å². The molecule has 0 radical (unpaired) electrons. The quantitative estimate of drug-likeness (QED) is 0.188. The zero-order chi connectivity index (χ0) is 34.3. The van der Waals surface area contributed by atoms with Crippen molar-refractivity contribution in [1.82, 2.24) is 14.9 Å². The highest BCUT2D eigenvalue weighted by atomic mass is 32.2. The van der Waals surface area contributed by atoms with Crippen molar-refractivity contribution in [2.45, 2.75) is 69.0 Å². The minimum atomic E-state index is -4.19. The van der Waals surface area contributed by atoms with Crippen molar-refractivity contribution in [2.75, 3.05) is 46.2 Å². The van der Waals surface area contributed by atoms with Crippen LogP contribution < -0.4 is 25.8 Å².